The van der Waals surface area contributed by atoms with Crippen LogP contribution in [0.3, 0.4) is 0 Å². The van der Waals surface area contributed by atoms with E-state index >= 15 is 0 Å². The average molecular weight is 401 g/mol. The van der Waals surface area contributed by atoms with Crippen molar-refractivity contribution in [3.63, 3.8) is 0 Å². The molecule has 1 aliphatic carbocycles. The fraction of sp³-hybridized carbons (Fsp3) is 0.333. The number of fused-ring (bicyclic) bond motifs is 1. The van der Waals surface area contributed by atoms with Gasteiger partial charge in [0.05, 0.1) is 5.56 Å². The van der Waals surface area contributed by atoms with Crippen molar-refractivity contribution in [3.05, 3.63) is 68.1 Å². The molecule has 3 nitrogen and oxygen atoms in total. The van der Waals surface area contributed by atoms with E-state index < -0.39 is 0 Å². The molecule has 0 aliphatic heterocycles. The molecule has 6 heteroatoms. The highest BCUT2D eigenvalue weighted by Crippen LogP contribution is 2.34. The Hall–Kier alpha value is -2.05. The molecule has 1 aromatic carbocycles. The van der Waals surface area contributed by atoms with Crippen LogP contribution >= 0.6 is 22.7 Å². The number of amides is 1. The lowest BCUT2D eigenvalue weighted by Crippen LogP contribution is -2.17. The van der Waals surface area contributed by atoms with Gasteiger partial charge in [0.2, 0.25) is 0 Å². The summed E-state index contributed by atoms with van der Waals surface area (Å²) >= 11 is 3.18. The summed E-state index contributed by atoms with van der Waals surface area (Å²) in [5, 5.41) is 5.55. The maximum absolute atomic E-state index is 13.0. The third-order valence-electron chi connectivity index (χ3n) is 5.15. The molecule has 0 fully saturated rings. The molecular formula is C21H21FN2OS2. The highest BCUT2D eigenvalue weighted by molar-refractivity contribution is 7.15. The van der Waals surface area contributed by atoms with Gasteiger partial charge in [0.1, 0.15) is 5.82 Å². The van der Waals surface area contributed by atoms with E-state index in [2.05, 4.69) is 17.2 Å². The van der Waals surface area contributed by atoms with E-state index in [-0.39, 0.29) is 11.7 Å². The molecule has 1 amide bonds. The van der Waals surface area contributed by atoms with E-state index in [9.17, 15) is 9.18 Å². The number of halogens is 1. The molecule has 1 N–H and O–H groups in total. The van der Waals surface area contributed by atoms with Crippen LogP contribution in [0.5, 0.6) is 0 Å². The molecule has 4 rings (SSSR count). The fourth-order valence-electron chi connectivity index (χ4n) is 3.53. The number of hydrogen-bond donors (Lipinski definition) is 1. The van der Waals surface area contributed by atoms with E-state index in [4.69, 9.17) is 0 Å². The first-order valence-corrected chi connectivity index (χ1v) is 10.9. The van der Waals surface area contributed by atoms with Crippen LogP contribution < -0.4 is 5.32 Å². The largest absolute Gasteiger partial charge is 0.298 e. The van der Waals surface area contributed by atoms with Crippen LogP contribution in [0.1, 0.15) is 51.0 Å². The molecule has 1 atom stereocenters. The molecule has 27 heavy (non-hydrogen) atoms. The standard InChI is InChI=1S/C21H21FN2OS2/c1-2-13-5-8-17-18(12-26-19(17)10-13)20(25)24-21-23-11-16(27-21)9-14-3-6-15(22)7-4-14/h3-4,6-7,11-13H,2,5,8-10H2,1H3,(H,23,24,25). The number of anilines is 1. The first-order chi connectivity index (χ1) is 13.1. The monoisotopic (exact) mass is 400 g/mol. The molecule has 140 valence electrons. The van der Waals surface area contributed by atoms with Crippen molar-refractivity contribution in [3.8, 4) is 0 Å². The van der Waals surface area contributed by atoms with E-state index in [0.717, 1.165) is 34.8 Å². The Kier molecular flexibility index (Phi) is 5.36. The Morgan fingerprint density at radius 2 is 2.15 bits per heavy atom. The van der Waals surface area contributed by atoms with Gasteiger partial charge in [-0.3, -0.25) is 10.1 Å². The molecule has 0 radical (unpaired) electrons. The SMILES string of the molecule is CCC1CCc2c(C(=O)Nc3ncc(Cc4ccc(F)cc4)s3)csc2C1. The van der Waals surface area contributed by atoms with Gasteiger partial charge >= 0.3 is 0 Å². The number of rotatable bonds is 5. The van der Waals surface area contributed by atoms with Crippen molar-refractivity contribution in [2.24, 2.45) is 5.92 Å². The van der Waals surface area contributed by atoms with Crippen molar-refractivity contribution in [1.29, 1.82) is 0 Å². The second kappa shape index (κ2) is 7.90. The Labute approximate surface area is 166 Å². The molecule has 1 unspecified atom stereocenters. The molecule has 2 heterocycles. The third-order valence-corrected chi connectivity index (χ3v) is 7.11. The number of thiophene rings is 1. The van der Waals surface area contributed by atoms with Crippen molar-refractivity contribution < 1.29 is 9.18 Å². The van der Waals surface area contributed by atoms with Crippen LogP contribution in [0, 0.1) is 11.7 Å². The second-order valence-corrected chi connectivity index (χ2v) is 9.04. The van der Waals surface area contributed by atoms with Gasteiger partial charge in [0.25, 0.3) is 5.91 Å². The molecule has 3 aromatic rings. The second-order valence-electron chi connectivity index (χ2n) is 6.96. The van der Waals surface area contributed by atoms with Gasteiger partial charge < -0.3 is 0 Å². The minimum atomic E-state index is -0.236. The average Bonchev–Trinajstić information content (AvgIpc) is 3.29. The number of nitrogens with zero attached hydrogens (tertiary/aromatic N) is 1. The summed E-state index contributed by atoms with van der Waals surface area (Å²) in [5.74, 6) is 0.450. The minimum Gasteiger partial charge on any atom is -0.298 e. The minimum absolute atomic E-state index is 0.0647. The zero-order chi connectivity index (χ0) is 18.8. The summed E-state index contributed by atoms with van der Waals surface area (Å²) in [6.07, 6.45) is 6.92. The van der Waals surface area contributed by atoms with Crippen LogP contribution in [-0.4, -0.2) is 10.9 Å². The summed E-state index contributed by atoms with van der Waals surface area (Å²) < 4.78 is 13.0. The summed E-state index contributed by atoms with van der Waals surface area (Å²) in [6.45, 7) is 2.24. The Balaban J connectivity index is 1.43. The molecule has 2 aromatic heterocycles. The zero-order valence-electron chi connectivity index (χ0n) is 15.1. The number of nitrogens with one attached hydrogen (secondary N) is 1. The Morgan fingerprint density at radius 3 is 2.93 bits per heavy atom. The number of carbonyl (C=O) groups is 1. The molecule has 0 saturated heterocycles. The highest BCUT2D eigenvalue weighted by atomic mass is 32.1. The molecule has 0 spiro atoms. The fourth-order valence-corrected chi connectivity index (χ4v) is 5.57. The maximum Gasteiger partial charge on any atom is 0.258 e. The number of aromatic nitrogens is 1. The lowest BCUT2D eigenvalue weighted by Gasteiger charge is -2.21. The van der Waals surface area contributed by atoms with Gasteiger partial charge in [-0.1, -0.05) is 25.5 Å². The normalized spacial score (nSPS) is 16.1. The van der Waals surface area contributed by atoms with Crippen LogP contribution in [0.2, 0.25) is 0 Å². The third kappa shape index (κ3) is 4.12. The lowest BCUT2D eigenvalue weighted by atomic mass is 9.86. The highest BCUT2D eigenvalue weighted by Gasteiger charge is 2.24. The smallest absolute Gasteiger partial charge is 0.258 e. The molecule has 0 bridgehead atoms. The van der Waals surface area contributed by atoms with Crippen LogP contribution in [0.4, 0.5) is 9.52 Å². The number of benzene rings is 1. The van der Waals surface area contributed by atoms with Gasteiger partial charge in [-0.25, -0.2) is 9.37 Å². The van der Waals surface area contributed by atoms with Crippen molar-refractivity contribution in [2.45, 2.75) is 39.0 Å². The van der Waals surface area contributed by atoms with E-state index in [1.54, 1.807) is 29.7 Å². The topological polar surface area (TPSA) is 42.0 Å². The summed E-state index contributed by atoms with van der Waals surface area (Å²) in [5.41, 5.74) is 3.06. The van der Waals surface area contributed by atoms with Crippen molar-refractivity contribution >= 4 is 33.7 Å². The summed E-state index contributed by atoms with van der Waals surface area (Å²) in [6, 6.07) is 6.47. The van der Waals surface area contributed by atoms with E-state index in [1.807, 2.05) is 5.38 Å². The van der Waals surface area contributed by atoms with Gasteiger partial charge in [0.15, 0.2) is 5.13 Å². The first kappa shape index (κ1) is 18.3. The Morgan fingerprint density at radius 1 is 1.33 bits per heavy atom. The predicted octanol–water partition coefficient (Wildman–Crippen LogP) is 5.70. The summed E-state index contributed by atoms with van der Waals surface area (Å²) in [4.78, 5) is 19.5. The van der Waals surface area contributed by atoms with Crippen LogP contribution in [0.15, 0.2) is 35.8 Å². The number of hydrogen-bond acceptors (Lipinski definition) is 4. The molecule has 1 aliphatic rings. The number of thiazole rings is 1. The van der Waals surface area contributed by atoms with Gasteiger partial charge in [-0.15, -0.1) is 22.7 Å². The summed E-state index contributed by atoms with van der Waals surface area (Å²) in [7, 11) is 0. The van der Waals surface area contributed by atoms with Gasteiger partial charge in [-0.05, 0) is 48.4 Å². The van der Waals surface area contributed by atoms with Crippen LogP contribution in [0.25, 0.3) is 0 Å². The maximum atomic E-state index is 13.0. The Bertz CT molecular complexity index is 946. The first-order valence-electron chi connectivity index (χ1n) is 9.22. The van der Waals surface area contributed by atoms with Crippen LogP contribution in [-0.2, 0) is 19.3 Å². The van der Waals surface area contributed by atoms with E-state index in [1.165, 1.54) is 46.8 Å². The van der Waals surface area contributed by atoms with E-state index in [0.29, 0.717) is 11.6 Å². The molecule has 0 saturated carbocycles. The number of carbonyl (C=O) groups excluding carboxylic acids is 1. The van der Waals surface area contributed by atoms with Gasteiger partial charge in [-0.2, -0.15) is 0 Å². The zero-order valence-corrected chi connectivity index (χ0v) is 16.8. The van der Waals surface area contributed by atoms with Gasteiger partial charge in [0, 0.05) is 27.8 Å². The quantitative estimate of drug-likeness (QED) is 0.597. The van der Waals surface area contributed by atoms with Crippen molar-refractivity contribution in [1.82, 2.24) is 4.98 Å². The predicted molar refractivity (Wildman–Crippen MR) is 109 cm³/mol. The van der Waals surface area contributed by atoms with Crippen molar-refractivity contribution in [2.75, 3.05) is 5.32 Å². The molecular weight excluding hydrogens is 379 g/mol. The lowest BCUT2D eigenvalue weighted by molar-refractivity contribution is 0.102.